The first-order valence-electron chi connectivity index (χ1n) is 9.79. The zero-order valence-corrected chi connectivity index (χ0v) is 16.7. The number of aromatic amines is 1. The molecule has 31 heavy (non-hydrogen) atoms. The average molecular weight is 421 g/mol. The van der Waals surface area contributed by atoms with Gasteiger partial charge in [0, 0.05) is 17.8 Å². The summed E-state index contributed by atoms with van der Waals surface area (Å²) >= 11 is 0. The second-order valence-corrected chi connectivity index (χ2v) is 7.15. The second-order valence-electron chi connectivity index (χ2n) is 7.15. The first-order chi connectivity index (χ1) is 14.9. The highest BCUT2D eigenvalue weighted by molar-refractivity contribution is 6.04. The first kappa shape index (κ1) is 20.3. The van der Waals surface area contributed by atoms with Gasteiger partial charge in [0.05, 0.1) is 11.5 Å². The third-order valence-electron chi connectivity index (χ3n) is 5.00. The van der Waals surface area contributed by atoms with Gasteiger partial charge in [0.25, 0.3) is 5.56 Å². The van der Waals surface area contributed by atoms with E-state index in [1.54, 1.807) is 12.1 Å². The van der Waals surface area contributed by atoms with Crippen LogP contribution in [0.1, 0.15) is 30.4 Å². The lowest BCUT2D eigenvalue weighted by Gasteiger charge is -2.23. The van der Waals surface area contributed by atoms with Gasteiger partial charge in [-0.05, 0) is 48.4 Å². The van der Waals surface area contributed by atoms with Gasteiger partial charge < -0.3 is 16.0 Å². The summed E-state index contributed by atoms with van der Waals surface area (Å²) in [6.07, 6.45) is 0.709. The Hall–Kier alpha value is -4.01. The fourth-order valence-corrected chi connectivity index (χ4v) is 3.38. The quantitative estimate of drug-likeness (QED) is 0.505. The van der Waals surface area contributed by atoms with Crippen LogP contribution in [0.3, 0.4) is 0 Å². The van der Waals surface area contributed by atoms with E-state index in [-0.39, 0.29) is 23.8 Å². The highest BCUT2D eigenvalue weighted by Gasteiger charge is 2.34. The Morgan fingerprint density at radius 1 is 1.10 bits per heavy atom. The molecule has 1 aliphatic rings. The van der Waals surface area contributed by atoms with Gasteiger partial charge in [0.1, 0.15) is 11.6 Å². The van der Waals surface area contributed by atoms with Crippen LogP contribution >= 0.6 is 0 Å². The molecule has 0 bridgehead atoms. The van der Waals surface area contributed by atoms with Gasteiger partial charge in [-0.2, -0.15) is 4.98 Å². The standard InChI is InChI=1S/C22H20FN5O3/c1-2-12-3-7-14(8-4-12)24-20(30)16-11-17(29)26-19-18(16)21(31)28-22(27-19)25-15-9-5-13(23)6-10-15/h3-10,16H,2,11H2,1H3,(H,24,30)(H3,25,26,27,28,29,31)/t16-/m1/s1. The summed E-state index contributed by atoms with van der Waals surface area (Å²) in [6.45, 7) is 2.03. The molecule has 8 nitrogen and oxygen atoms in total. The van der Waals surface area contributed by atoms with Crippen LogP contribution in [0.2, 0.25) is 0 Å². The average Bonchev–Trinajstić information content (AvgIpc) is 2.75. The number of nitrogens with one attached hydrogen (secondary N) is 4. The van der Waals surface area contributed by atoms with Crippen LogP contribution < -0.4 is 21.5 Å². The largest absolute Gasteiger partial charge is 0.326 e. The number of aromatic nitrogens is 2. The van der Waals surface area contributed by atoms with Crippen molar-refractivity contribution in [1.82, 2.24) is 9.97 Å². The van der Waals surface area contributed by atoms with Crippen molar-refractivity contribution in [2.75, 3.05) is 16.0 Å². The fraction of sp³-hybridized carbons (Fsp3) is 0.182. The van der Waals surface area contributed by atoms with Crippen LogP contribution in [0, 0.1) is 5.82 Å². The number of halogens is 1. The number of benzene rings is 2. The molecular weight excluding hydrogens is 401 g/mol. The summed E-state index contributed by atoms with van der Waals surface area (Å²) in [5, 5.41) is 8.16. The molecule has 0 radical (unpaired) electrons. The Kier molecular flexibility index (Phi) is 5.48. The number of fused-ring (bicyclic) bond motifs is 1. The predicted octanol–water partition coefficient (Wildman–Crippen LogP) is 3.28. The number of carbonyl (C=O) groups excluding carboxylic acids is 2. The molecule has 3 aromatic rings. The zero-order chi connectivity index (χ0) is 22.0. The van der Waals surface area contributed by atoms with E-state index >= 15 is 0 Å². The van der Waals surface area contributed by atoms with E-state index in [0.717, 1.165) is 12.0 Å². The highest BCUT2D eigenvalue weighted by Crippen LogP contribution is 2.30. The number of carbonyl (C=O) groups is 2. The van der Waals surface area contributed by atoms with E-state index in [1.807, 2.05) is 19.1 Å². The van der Waals surface area contributed by atoms with Crippen LogP contribution in [-0.2, 0) is 16.0 Å². The number of rotatable bonds is 5. The van der Waals surface area contributed by atoms with Gasteiger partial charge in [-0.1, -0.05) is 19.1 Å². The molecule has 2 amide bonds. The van der Waals surface area contributed by atoms with Gasteiger partial charge in [-0.25, -0.2) is 4.39 Å². The van der Waals surface area contributed by atoms with Crippen molar-refractivity contribution < 1.29 is 14.0 Å². The number of hydrogen-bond acceptors (Lipinski definition) is 5. The number of amides is 2. The van der Waals surface area contributed by atoms with Gasteiger partial charge in [-0.15, -0.1) is 0 Å². The van der Waals surface area contributed by atoms with Gasteiger partial charge >= 0.3 is 0 Å². The molecule has 158 valence electrons. The minimum Gasteiger partial charge on any atom is -0.326 e. The maximum atomic E-state index is 13.1. The summed E-state index contributed by atoms with van der Waals surface area (Å²) in [6, 6.07) is 12.8. The molecule has 1 atom stereocenters. The minimum absolute atomic E-state index is 0.0195. The Labute approximate surface area is 176 Å². The van der Waals surface area contributed by atoms with Crippen molar-refractivity contribution in [2.24, 2.45) is 0 Å². The van der Waals surface area contributed by atoms with E-state index in [2.05, 4.69) is 25.9 Å². The Balaban J connectivity index is 1.60. The molecule has 0 saturated carbocycles. The third-order valence-corrected chi connectivity index (χ3v) is 5.00. The molecular formula is C22H20FN5O3. The molecule has 0 unspecified atom stereocenters. The maximum absolute atomic E-state index is 13.1. The number of nitrogens with zero attached hydrogens (tertiary/aromatic N) is 1. The normalized spacial score (nSPS) is 15.0. The van der Waals surface area contributed by atoms with Gasteiger partial charge in [0.2, 0.25) is 17.8 Å². The molecule has 0 spiro atoms. The number of aryl methyl sites for hydroxylation is 1. The molecule has 4 N–H and O–H groups in total. The number of hydrogen-bond donors (Lipinski definition) is 4. The lowest BCUT2D eigenvalue weighted by atomic mass is 9.92. The van der Waals surface area contributed by atoms with E-state index in [4.69, 9.17) is 0 Å². The van der Waals surface area contributed by atoms with Crippen molar-refractivity contribution in [3.63, 3.8) is 0 Å². The van der Waals surface area contributed by atoms with Crippen LogP contribution in [0.25, 0.3) is 0 Å². The molecule has 1 aromatic heterocycles. The summed E-state index contributed by atoms with van der Waals surface area (Å²) in [5.74, 6) is -2.18. The molecule has 2 aromatic carbocycles. The predicted molar refractivity (Wildman–Crippen MR) is 115 cm³/mol. The van der Waals surface area contributed by atoms with Crippen molar-refractivity contribution in [2.45, 2.75) is 25.7 Å². The maximum Gasteiger partial charge on any atom is 0.258 e. The summed E-state index contributed by atoms with van der Waals surface area (Å²) in [4.78, 5) is 44.6. The van der Waals surface area contributed by atoms with E-state index in [1.165, 1.54) is 24.3 Å². The lowest BCUT2D eigenvalue weighted by Crippen LogP contribution is -2.36. The summed E-state index contributed by atoms with van der Waals surface area (Å²) in [7, 11) is 0. The Morgan fingerprint density at radius 3 is 2.45 bits per heavy atom. The number of anilines is 4. The highest BCUT2D eigenvalue weighted by atomic mass is 19.1. The van der Waals surface area contributed by atoms with E-state index in [9.17, 15) is 18.8 Å². The lowest BCUT2D eigenvalue weighted by molar-refractivity contribution is -0.123. The van der Waals surface area contributed by atoms with Crippen LogP contribution in [0.4, 0.5) is 27.5 Å². The zero-order valence-electron chi connectivity index (χ0n) is 16.7. The fourth-order valence-electron chi connectivity index (χ4n) is 3.38. The topological polar surface area (TPSA) is 116 Å². The smallest absolute Gasteiger partial charge is 0.258 e. The molecule has 9 heteroatoms. The SMILES string of the molecule is CCc1ccc(NC(=O)[C@@H]2CC(=O)Nc3nc(Nc4ccc(F)cc4)[nH]c(=O)c32)cc1. The van der Waals surface area contributed by atoms with Gasteiger partial charge in [-0.3, -0.25) is 19.4 Å². The summed E-state index contributed by atoms with van der Waals surface area (Å²) < 4.78 is 13.1. The number of H-pyrrole nitrogens is 1. The molecule has 4 rings (SSSR count). The van der Waals surface area contributed by atoms with Crippen molar-refractivity contribution in [1.29, 1.82) is 0 Å². The third kappa shape index (κ3) is 4.45. The van der Waals surface area contributed by atoms with Crippen molar-refractivity contribution >= 4 is 35.0 Å². The van der Waals surface area contributed by atoms with Crippen LogP contribution in [-0.4, -0.2) is 21.8 Å². The molecule has 1 aliphatic heterocycles. The monoisotopic (exact) mass is 421 g/mol. The van der Waals surface area contributed by atoms with Crippen molar-refractivity contribution in [3.8, 4) is 0 Å². The first-order valence-corrected chi connectivity index (χ1v) is 9.79. The molecule has 0 fully saturated rings. The minimum atomic E-state index is -0.981. The Morgan fingerprint density at radius 2 is 1.77 bits per heavy atom. The van der Waals surface area contributed by atoms with Crippen molar-refractivity contribution in [3.05, 3.63) is 75.8 Å². The van der Waals surface area contributed by atoms with Gasteiger partial charge in [0.15, 0.2) is 0 Å². The molecule has 2 heterocycles. The van der Waals surface area contributed by atoms with E-state index in [0.29, 0.717) is 11.4 Å². The second kappa shape index (κ2) is 8.39. The molecule has 0 saturated heterocycles. The molecule has 0 aliphatic carbocycles. The Bertz CT molecular complexity index is 1190. The van der Waals surface area contributed by atoms with Crippen LogP contribution in [0.15, 0.2) is 53.3 Å². The van der Waals surface area contributed by atoms with E-state index < -0.39 is 29.1 Å². The van der Waals surface area contributed by atoms with Crippen LogP contribution in [0.5, 0.6) is 0 Å². The summed E-state index contributed by atoms with van der Waals surface area (Å²) in [5.41, 5.74) is 1.75.